The van der Waals surface area contributed by atoms with E-state index in [0.29, 0.717) is 5.91 Å². The molecule has 0 N–H and O–H groups in total. The SMILES string of the molecule is O=C1N(CC2CCC2)CCCC12CCN(Cc1ccc3nsnc3c1)C2. The first kappa shape index (κ1) is 16.6. The predicted molar refractivity (Wildman–Crippen MR) is 103 cm³/mol. The molecule has 1 aromatic carbocycles. The van der Waals surface area contributed by atoms with Crippen LogP contribution in [0.4, 0.5) is 0 Å². The summed E-state index contributed by atoms with van der Waals surface area (Å²) in [4.78, 5) is 17.9. The number of aromatic nitrogens is 2. The van der Waals surface area contributed by atoms with E-state index in [1.165, 1.54) is 43.0 Å². The number of likely N-dealkylation sites (tertiary alicyclic amines) is 2. The van der Waals surface area contributed by atoms with Crippen molar-refractivity contribution in [2.45, 2.75) is 45.1 Å². The minimum absolute atomic E-state index is 0.117. The number of fused-ring (bicyclic) bond motifs is 1. The molecule has 1 atom stereocenters. The number of nitrogens with zero attached hydrogens (tertiary/aromatic N) is 4. The van der Waals surface area contributed by atoms with Gasteiger partial charge in [-0.15, -0.1) is 0 Å². The van der Waals surface area contributed by atoms with Crippen molar-refractivity contribution >= 4 is 28.7 Å². The molecule has 3 aliphatic rings. The van der Waals surface area contributed by atoms with Gasteiger partial charge in [0.2, 0.25) is 5.91 Å². The Kier molecular flexibility index (Phi) is 4.20. The fourth-order valence-electron chi connectivity index (χ4n) is 4.97. The van der Waals surface area contributed by atoms with Crippen molar-refractivity contribution in [3.63, 3.8) is 0 Å². The van der Waals surface area contributed by atoms with Gasteiger partial charge in [0.15, 0.2) is 0 Å². The number of benzene rings is 1. The normalized spacial score (nSPS) is 27.5. The largest absolute Gasteiger partial charge is 0.342 e. The van der Waals surface area contributed by atoms with Crippen molar-refractivity contribution in [1.29, 1.82) is 0 Å². The summed E-state index contributed by atoms with van der Waals surface area (Å²) in [7, 11) is 0. The maximum absolute atomic E-state index is 13.2. The Morgan fingerprint density at radius 1 is 1.12 bits per heavy atom. The van der Waals surface area contributed by atoms with Crippen LogP contribution in [0.5, 0.6) is 0 Å². The second kappa shape index (κ2) is 6.57. The van der Waals surface area contributed by atoms with Gasteiger partial charge in [0.25, 0.3) is 0 Å². The Hall–Kier alpha value is -1.53. The van der Waals surface area contributed by atoms with Gasteiger partial charge in [0.1, 0.15) is 11.0 Å². The molecule has 138 valence electrons. The number of amides is 1. The van der Waals surface area contributed by atoms with E-state index in [0.717, 1.165) is 62.5 Å². The van der Waals surface area contributed by atoms with E-state index in [9.17, 15) is 4.79 Å². The summed E-state index contributed by atoms with van der Waals surface area (Å²) in [6, 6.07) is 6.36. The lowest BCUT2D eigenvalue weighted by atomic mass is 9.77. The molecule has 0 radical (unpaired) electrons. The number of piperidine rings is 1. The summed E-state index contributed by atoms with van der Waals surface area (Å²) in [5.74, 6) is 1.21. The van der Waals surface area contributed by atoms with Crippen molar-refractivity contribution in [2.24, 2.45) is 11.3 Å². The van der Waals surface area contributed by atoms with Crippen LogP contribution in [0.1, 0.15) is 44.1 Å². The van der Waals surface area contributed by atoms with E-state index in [1.54, 1.807) is 0 Å². The Bertz CT molecular complexity index is 817. The molecule has 2 aliphatic heterocycles. The summed E-state index contributed by atoms with van der Waals surface area (Å²) < 4.78 is 8.63. The van der Waals surface area contributed by atoms with Crippen molar-refractivity contribution in [1.82, 2.24) is 18.5 Å². The molecular formula is C20H26N4OS. The summed E-state index contributed by atoms with van der Waals surface area (Å²) in [6.07, 6.45) is 7.24. The van der Waals surface area contributed by atoms with Crippen LogP contribution in [0.15, 0.2) is 18.2 Å². The molecule has 3 fully saturated rings. The molecule has 1 unspecified atom stereocenters. The van der Waals surface area contributed by atoms with Crippen LogP contribution in [-0.4, -0.2) is 50.6 Å². The smallest absolute Gasteiger partial charge is 0.230 e. The van der Waals surface area contributed by atoms with Gasteiger partial charge in [-0.2, -0.15) is 8.75 Å². The Morgan fingerprint density at radius 2 is 2.00 bits per heavy atom. The molecular weight excluding hydrogens is 344 g/mol. The van der Waals surface area contributed by atoms with E-state index >= 15 is 0 Å². The summed E-state index contributed by atoms with van der Waals surface area (Å²) in [5, 5.41) is 0. The van der Waals surface area contributed by atoms with Gasteiger partial charge >= 0.3 is 0 Å². The number of hydrogen-bond donors (Lipinski definition) is 0. The third-order valence-corrected chi connectivity index (χ3v) is 7.24. The zero-order chi connectivity index (χ0) is 17.6. The fourth-order valence-corrected chi connectivity index (χ4v) is 5.49. The Morgan fingerprint density at radius 3 is 2.85 bits per heavy atom. The predicted octanol–water partition coefficient (Wildman–Crippen LogP) is 3.31. The van der Waals surface area contributed by atoms with E-state index in [-0.39, 0.29) is 5.41 Å². The van der Waals surface area contributed by atoms with Crippen LogP contribution in [0.2, 0.25) is 0 Å². The van der Waals surface area contributed by atoms with Gasteiger partial charge in [-0.1, -0.05) is 12.5 Å². The zero-order valence-electron chi connectivity index (χ0n) is 15.2. The first-order valence-electron chi connectivity index (χ1n) is 9.95. The minimum Gasteiger partial charge on any atom is -0.342 e. The van der Waals surface area contributed by atoms with Crippen LogP contribution in [-0.2, 0) is 11.3 Å². The fraction of sp³-hybridized carbons (Fsp3) is 0.650. The number of carbonyl (C=O) groups excluding carboxylic acids is 1. The van der Waals surface area contributed by atoms with Crippen LogP contribution in [0, 0.1) is 11.3 Å². The second-order valence-corrected chi connectivity index (χ2v) is 9.01. The lowest BCUT2D eigenvalue weighted by Gasteiger charge is -2.42. The monoisotopic (exact) mass is 370 g/mol. The summed E-state index contributed by atoms with van der Waals surface area (Å²) in [5.41, 5.74) is 3.12. The maximum atomic E-state index is 13.2. The minimum atomic E-state index is -0.117. The molecule has 2 saturated heterocycles. The molecule has 1 spiro atoms. The van der Waals surface area contributed by atoms with Gasteiger partial charge in [0.05, 0.1) is 17.1 Å². The highest BCUT2D eigenvalue weighted by molar-refractivity contribution is 7.00. The molecule has 1 saturated carbocycles. The molecule has 1 aliphatic carbocycles. The molecule has 3 heterocycles. The molecule has 1 aromatic heterocycles. The van der Waals surface area contributed by atoms with E-state index < -0.39 is 0 Å². The molecule has 26 heavy (non-hydrogen) atoms. The average molecular weight is 371 g/mol. The lowest BCUT2D eigenvalue weighted by molar-refractivity contribution is -0.146. The van der Waals surface area contributed by atoms with Gasteiger partial charge in [-0.25, -0.2) is 0 Å². The standard InChI is InChI=1S/C20H26N4OS/c25-19-20(7-2-9-24(19)13-15-3-1-4-15)8-10-23(14-20)12-16-5-6-17-18(11-16)22-26-21-17/h5-6,11,15H,1-4,7-10,12-14H2. The van der Waals surface area contributed by atoms with Gasteiger partial charge in [0, 0.05) is 26.2 Å². The maximum Gasteiger partial charge on any atom is 0.230 e. The number of rotatable bonds is 4. The number of hydrogen-bond acceptors (Lipinski definition) is 5. The van der Waals surface area contributed by atoms with Crippen LogP contribution in [0.25, 0.3) is 11.0 Å². The Balaban J connectivity index is 1.26. The van der Waals surface area contributed by atoms with Crippen LogP contribution < -0.4 is 0 Å². The van der Waals surface area contributed by atoms with Gasteiger partial charge in [-0.05, 0) is 62.3 Å². The third-order valence-electron chi connectivity index (χ3n) is 6.68. The summed E-state index contributed by atoms with van der Waals surface area (Å²) >= 11 is 1.27. The van der Waals surface area contributed by atoms with Crippen molar-refractivity contribution < 1.29 is 4.79 Å². The zero-order valence-corrected chi connectivity index (χ0v) is 16.0. The molecule has 1 amide bonds. The third kappa shape index (κ3) is 2.93. The quantitative estimate of drug-likeness (QED) is 0.828. The highest BCUT2D eigenvalue weighted by Gasteiger charge is 2.48. The van der Waals surface area contributed by atoms with E-state index in [2.05, 4.69) is 36.7 Å². The van der Waals surface area contributed by atoms with Crippen LogP contribution >= 0.6 is 11.7 Å². The average Bonchev–Trinajstić information content (AvgIpc) is 3.22. The molecule has 0 bridgehead atoms. The number of carbonyl (C=O) groups is 1. The molecule has 6 heteroatoms. The van der Waals surface area contributed by atoms with Crippen molar-refractivity contribution in [2.75, 3.05) is 26.2 Å². The van der Waals surface area contributed by atoms with Crippen LogP contribution in [0.3, 0.4) is 0 Å². The van der Waals surface area contributed by atoms with Crippen molar-refractivity contribution in [3.05, 3.63) is 23.8 Å². The van der Waals surface area contributed by atoms with Gasteiger partial charge < -0.3 is 4.90 Å². The lowest BCUT2D eigenvalue weighted by Crippen LogP contribution is -2.51. The molecule has 5 nitrogen and oxygen atoms in total. The van der Waals surface area contributed by atoms with Gasteiger partial charge in [-0.3, -0.25) is 9.69 Å². The van der Waals surface area contributed by atoms with Crippen molar-refractivity contribution in [3.8, 4) is 0 Å². The highest BCUT2D eigenvalue weighted by Crippen LogP contribution is 2.41. The highest BCUT2D eigenvalue weighted by atomic mass is 32.1. The van der Waals surface area contributed by atoms with E-state index in [4.69, 9.17) is 0 Å². The first-order chi connectivity index (χ1) is 12.7. The topological polar surface area (TPSA) is 49.3 Å². The first-order valence-corrected chi connectivity index (χ1v) is 10.7. The molecule has 5 rings (SSSR count). The Labute approximate surface area is 158 Å². The van der Waals surface area contributed by atoms with E-state index in [1.807, 2.05) is 0 Å². The summed E-state index contributed by atoms with van der Waals surface area (Å²) in [6.45, 7) is 4.83. The molecule has 2 aromatic rings. The second-order valence-electron chi connectivity index (χ2n) is 8.48.